The van der Waals surface area contributed by atoms with Crippen LogP contribution in [0.3, 0.4) is 0 Å². The van der Waals surface area contributed by atoms with Gasteiger partial charge in [0.2, 0.25) is 0 Å². The van der Waals surface area contributed by atoms with Gasteiger partial charge in [-0.15, -0.1) is 0 Å². The molecule has 0 aliphatic carbocycles. The third-order valence-electron chi connectivity index (χ3n) is 3.84. The number of hydrogen-bond donors (Lipinski definition) is 1. The number of fused-ring (bicyclic) bond motifs is 1. The van der Waals surface area contributed by atoms with E-state index in [0.717, 1.165) is 13.0 Å². The molecule has 112 valence electrons. The van der Waals surface area contributed by atoms with E-state index in [0.29, 0.717) is 17.6 Å². The molecule has 2 aromatic rings. The lowest BCUT2D eigenvalue weighted by Crippen LogP contribution is -2.40. The molecule has 21 heavy (non-hydrogen) atoms. The Labute approximate surface area is 127 Å². The van der Waals surface area contributed by atoms with E-state index in [2.05, 4.69) is 45.8 Å². The van der Waals surface area contributed by atoms with Crippen LogP contribution in [-0.2, 0) is 24.5 Å². The van der Waals surface area contributed by atoms with Crippen molar-refractivity contribution in [2.24, 2.45) is 7.05 Å². The van der Waals surface area contributed by atoms with Crippen molar-refractivity contribution < 1.29 is 4.21 Å². The molecule has 0 radical (unpaired) electrons. The maximum Gasteiger partial charge on any atom is 0.160 e. The van der Waals surface area contributed by atoms with Crippen molar-refractivity contribution in [1.82, 2.24) is 14.3 Å². The fourth-order valence-electron chi connectivity index (χ4n) is 2.69. The van der Waals surface area contributed by atoms with Gasteiger partial charge in [0.25, 0.3) is 0 Å². The van der Waals surface area contributed by atoms with E-state index in [1.807, 2.05) is 7.05 Å². The predicted octanol–water partition coefficient (Wildman–Crippen LogP) is 1.48. The van der Waals surface area contributed by atoms with E-state index in [-0.39, 0.29) is 0 Å². The lowest BCUT2D eigenvalue weighted by atomic mass is 10.2. The van der Waals surface area contributed by atoms with Crippen LogP contribution in [0.5, 0.6) is 0 Å². The van der Waals surface area contributed by atoms with Crippen LogP contribution in [0.1, 0.15) is 12.5 Å². The number of hydrogen-bond acceptors (Lipinski definition) is 3. The summed E-state index contributed by atoms with van der Waals surface area (Å²) in [6, 6.07) is 8.79. The van der Waals surface area contributed by atoms with Crippen LogP contribution < -0.4 is 9.62 Å². The molecule has 1 N–H and O–H groups in total. The van der Waals surface area contributed by atoms with Crippen LogP contribution >= 0.6 is 0 Å². The molecular formula is C15H20N4OS. The third-order valence-corrected chi connectivity index (χ3v) is 4.86. The molecule has 6 heteroatoms. The number of aromatic nitrogens is 2. The lowest BCUT2D eigenvalue weighted by Gasteiger charge is -2.27. The van der Waals surface area contributed by atoms with Crippen LogP contribution in [0.15, 0.2) is 41.8 Å². The number of imidazole rings is 1. The van der Waals surface area contributed by atoms with Crippen LogP contribution in [0.4, 0.5) is 5.69 Å². The Morgan fingerprint density at radius 2 is 2.24 bits per heavy atom. The first kappa shape index (κ1) is 14.3. The molecule has 1 aliphatic rings. The van der Waals surface area contributed by atoms with Gasteiger partial charge < -0.3 is 9.47 Å². The minimum atomic E-state index is -1.25. The summed E-state index contributed by atoms with van der Waals surface area (Å²) < 4.78 is 17.0. The number of nitrogens with one attached hydrogen (secondary N) is 1. The Hall–Kier alpha value is -1.66. The zero-order valence-corrected chi connectivity index (χ0v) is 13.1. The van der Waals surface area contributed by atoms with Gasteiger partial charge in [-0.25, -0.2) is 13.9 Å². The Morgan fingerprint density at radius 1 is 1.43 bits per heavy atom. The van der Waals surface area contributed by atoms with Crippen LogP contribution in [0.25, 0.3) is 0 Å². The van der Waals surface area contributed by atoms with Crippen LogP contribution in [0, 0.1) is 0 Å². The van der Waals surface area contributed by atoms with E-state index in [1.165, 1.54) is 11.3 Å². The molecule has 3 rings (SSSR count). The quantitative estimate of drug-likeness (QED) is 0.910. The molecule has 1 aliphatic heterocycles. The van der Waals surface area contributed by atoms with Gasteiger partial charge in [0.1, 0.15) is 11.0 Å². The van der Waals surface area contributed by atoms with Crippen molar-refractivity contribution in [2.45, 2.75) is 24.4 Å². The van der Waals surface area contributed by atoms with Gasteiger partial charge in [0, 0.05) is 38.1 Å². The molecule has 2 atom stereocenters. The normalized spacial score (nSPS) is 16.8. The van der Waals surface area contributed by atoms with E-state index < -0.39 is 11.0 Å². The molecule has 2 unspecified atom stereocenters. The van der Waals surface area contributed by atoms with Gasteiger partial charge in [-0.05, 0) is 25.0 Å². The summed E-state index contributed by atoms with van der Waals surface area (Å²) in [5.41, 5.74) is 2.70. The molecule has 0 spiro atoms. The Balaban J connectivity index is 1.60. The van der Waals surface area contributed by atoms with E-state index >= 15 is 0 Å². The molecule has 5 nitrogen and oxygen atoms in total. The van der Waals surface area contributed by atoms with Gasteiger partial charge in [-0.3, -0.25) is 0 Å². The zero-order valence-electron chi connectivity index (χ0n) is 12.3. The molecule has 0 fully saturated rings. The number of para-hydroxylation sites is 1. The van der Waals surface area contributed by atoms with Crippen molar-refractivity contribution >= 4 is 16.7 Å². The largest absolute Gasteiger partial charge is 0.367 e. The van der Waals surface area contributed by atoms with Gasteiger partial charge in [-0.2, -0.15) is 0 Å². The summed E-state index contributed by atoms with van der Waals surface area (Å²) in [7, 11) is 0.623. The molecule has 1 aromatic heterocycles. The monoisotopic (exact) mass is 304 g/mol. The summed E-state index contributed by atoms with van der Waals surface area (Å²) >= 11 is 0. The first-order valence-electron chi connectivity index (χ1n) is 7.13. The maximum absolute atomic E-state index is 12.1. The molecule has 1 aromatic carbocycles. The Morgan fingerprint density at radius 3 is 3.00 bits per heavy atom. The van der Waals surface area contributed by atoms with Crippen molar-refractivity contribution in [3.8, 4) is 0 Å². The van der Waals surface area contributed by atoms with Gasteiger partial charge >= 0.3 is 0 Å². The fraction of sp³-hybridized carbons (Fsp3) is 0.400. The average Bonchev–Trinajstić information content (AvgIpc) is 3.10. The second kappa shape index (κ2) is 5.99. The highest BCUT2D eigenvalue weighted by Gasteiger charge is 2.23. The number of rotatable bonds is 5. The first-order chi connectivity index (χ1) is 10.1. The summed E-state index contributed by atoms with van der Waals surface area (Å²) in [4.78, 5) is 6.49. The summed E-state index contributed by atoms with van der Waals surface area (Å²) in [6.07, 6.45) is 4.53. The second-order valence-corrected chi connectivity index (χ2v) is 6.66. The molecule has 0 saturated carbocycles. The molecular weight excluding hydrogens is 284 g/mol. The Kier molecular flexibility index (Phi) is 4.07. The van der Waals surface area contributed by atoms with Gasteiger partial charge in [0.05, 0.1) is 6.33 Å². The van der Waals surface area contributed by atoms with E-state index in [4.69, 9.17) is 0 Å². The predicted molar refractivity (Wildman–Crippen MR) is 84.6 cm³/mol. The first-order valence-corrected chi connectivity index (χ1v) is 8.28. The standard InChI is InChI=1S/C15H20N4OS/c1-12(9-17-21(20)15-10-18(2)11-16-15)19-8-7-13-5-3-4-6-14(13)19/h3-6,10-12,17H,7-9H2,1-2H3. The van der Waals surface area contributed by atoms with Crippen molar-refractivity contribution in [2.75, 3.05) is 18.0 Å². The number of anilines is 1. The highest BCUT2D eigenvalue weighted by Crippen LogP contribution is 2.28. The third kappa shape index (κ3) is 3.01. The smallest absolute Gasteiger partial charge is 0.160 e. The second-order valence-electron chi connectivity index (χ2n) is 5.42. The molecule has 2 heterocycles. The highest BCUT2D eigenvalue weighted by atomic mass is 32.2. The average molecular weight is 304 g/mol. The van der Waals surface area contributed by atoms with Crippen molar-refractivity contribution in [1.29, 1.82) is 0 Å². The van der Waals surface area contributed by atoms with Crippen molar-refractivity contribution in [3.63, 3.8) is 0 Å². The summed E-state index contributed by atoms with van der Waals surface area (Å²) in [5, 5.41) is 0.575. The lowest BCUT2D eigenvalue weighted by molar-refractivity contribution is 0.623. The summed E-state index contributed by atoms with van der Waals surface area (Å²) in [6.45, 7) is 3.85. The Bertz CT molecular complexity index is 655. The van der Waals surface area contributed by atoms with Gasteiger partial charge in [0.15, 0.2) is 5.03 Å². The topological polar surface area (TPSA) is 50.2 Å². The van der Waals surface area contributed by atoms with E-state index in [1.54, 1.807) is 17.1 Å². The molecule has 0 bridgehead atoms. The SMILES string of the molecule is CC(CNS(=O)c1cn(C)cn1)N1CCc2ccccc21. The zero-order chi connectivity index (χ0) is 14.8. The summed E-state index contributed by atoms with van der Waals surface area (Å²) in [5.74, 6) is 0. The van der Waals surface area contributed by atoms with Crippen LogP contribution in [-0.4, -0.2) is 32.9 Å². The molecule has 0 amide bonds. The van der Waals surface area contributed by atoms with Gasteiger partial charge in [-0.1, -0.05) is 18.2 Å². The van der Waals surface area contributed by atoms with E-state index in [9.17, 15) is 4.21 Å². The number of nitrogens with zero attached hydrogens (tertiary/aromatic N) is 3. The maximum atomic E-state index is 12.1. The molecule has 0 saturated heterocycles. The highest BCUT2D eigenvalue weighted by molar-refractivity contribution is 7.83. The fourth-order valence-corrected chi connectivity index (χ4v) is 3.63. The number of benzene rings is 1. The van der Waals surface area contributed by atoms with Crippen molar-refractivity contribution in [3.05, 3.63) is 42.4 Å². The van der Waals surface area contributed by atoms with Crippen LogP contribution in [0.2, 0.25) is 0 Å². The minimum absolute atomic E-state index is 0.293. The number of aryl methyl sites for hydroxylation is 1. The minimum Gasteiger partial charge on any atom is -0.367 e.